The van der Waals surface area contributed by atoms with Crippen LogP contribution in [0, 0.1) is 17.8 Å². The summed E-state index contributed by atoms with van der Waals surface area (Å²) in [6, 6.07) is 7.05. The minimum Gasteiger partial charge on any atom is -0.224 e. The Morgan fingerprint density at radius 2 is 2.06 bits per heavy atom. The van der Waals surface area contributed by atoms with E-state index in [0.29, 0.717) is 4.90 Å². The van der Waals surface area contributed by atoms with E-state index in [1.165, 1.54) is 6.26 Å². The first-order valence-corrected chi connectivity index (χ1v) is 7.04. The fraction of sp³-hybridized carbons (Fsp3) is 0.385. The van der Waals surface area contributed by atoms with Crippen molar-refractivity contribution >= 4 is 9.84 Å². The van der Waals surface area contributed by atoms with Crippen LogP contribution < -0.4 is 0 Å². The molecule has 1 atom stereocenters. The largest absolute Gasteiger partial charge is 0.224 e. The van der Waals surface area contributed by atoms with Crippen molar-refractivity contribution < 1.29 is 8.42 Å². The molecule has 2 nitrogen and oxygen atoms in total. The molecule has 0 aliphatic heterocycles. The minimum absolute atomic E-state index is 0.250. The van der Waals surface area contributed by atoms with Crippen molar-refractivity contribution in [1.82, 2.24) is 0 Å². The number of rotatable bonds is 3. The van der Waals surface area contributed by atoms with E-state index in [2.05, 4.69) is 11.8 Å². The quantitative estimate of drug-likeness (QED) is 0.755. The smallest absolute Gasteiger partial charge is 0.175 e. The highest BCUT2D eigenvalue weighted by Gasteiger charge is 2.08. The van der Waals surface area contributed by atoms with Gasteiger partial charge in [-0.2, -0.15) is 0 Å². The van der Waals surface area contributed by atoms with Gasteiger partial charge in [0.25, 0.3) is 0 Å². The van der Waals surface area contributed by atoms with E-state index in [1.54, 1.807) is 18.2 Å². The lowest BCUT2D eigenvalue weighted by atomic mass is 10.0. The van der Waals surface area contributed by atoms with Crippen molar-refractivity contribution in [1.29, 1.82) is 0 Å². The highest BCUT2D eigenvalue weighted by molar-refractivity contribution is 7.90. The molecule has 1 aromatic rings. The van der Waals surface area contributed by atoms with Gasteiger partial charge >= 0.3 is 0 Å². The van der Waals surface area contributed by atoms with Gasteiger partial charge in [0, 0.05) is 12.2 Å². The monoisotopic (exact) mass is 236 g/mol. The molecule has 1 unspecified atom stereocenters. The van der Waals surface area contributed by atoms with Gasteiger partial charge in [0.05, 0.1) is 4.90 Å². The summed E-state index contributed by atoms with van der Waals surface area (Å²) in [6.45, 7) is 3.84. The van der Waals surface area contributed by atoms with Gasteiger partial charge in [-0.3, -0.25) is 0 Å². The maximum absolute atomic E-state index is 11.4. The Morgan fingerprint density at radius 3 is 2.62 bits per heavy atom. The number of hydrogen-bond acceptors (Lipinski definition) is 2. The van der Waals surface area contributed by atoms with Crippen molar-refractivity contribution in [3.8, 4) is 11.8 Å². The average molecular weight is 236 g/mol. The lowest BCUT2D eigenvalue weighted by Gasteiger charge is -2.06. The lowest BCUT2D eigenvalue weighted by molar-refractivity contribution is 0.601. The average Bonchev–Trinajstić information content (AvgIpc) is 2.17. The summed E-state index contributed by atoms with van der Waals surface area (Å²) in [4.78, 5) is 0.377. The summed E-state index contributed by atoms with van der Waals surface area (Å²) in [5.41, 5.74) is 1.01. The predicted molar refractivity (Wildman–Crippen MR) is 65.9 cm³/mol. The van der Waals surface area contributed by atoms with Crippen molar-refractivity contribution in [2.75, 3.05) is 6.26 Å². The van der Waals surface area contributed by atoms with Crippen LogP contribution in [0.15, 0.2) is 29.2 Å². The molecule has 1 rings (SSSR count). The maximum Gasteiger partial charge on any atom is 0.175 e. The highest BCUT2D eigenvalue weighted by atomic mass is 32.2. The zero-order valence-electron chi connectivity index (χ0n) is 9.82. The Hall–Kier alpha value is -1.27. The van der Waals surface area contributed by atoms with Crippen LogP contribution >= 0.6 is 0 Å². The summed E-state index contributed by atoms with van der Waals surface area (Å²) in [5, 5.41) is 0. The zero-order valence-corrected chi connectivity index (χ0v) is 10.6. The second kappa shape index (κ2) is 5.18. The number of sulfone groups is 1. The lowest BCUT2D eigenvalue weighted by Crippen LogP contribution is -2.00. The third kappa shape index (κ3) is 3.71. The van der Waals surface area contributed by atoms with Gasteiger partial charge in [-0.1, -0.05) is 19.1 Å². The van der Waals surface area contributed by atoms with E-state index in [4.69, 9.17) is 0 Å². The van der Waals surface area contributed by atoms with E-state index in [-0.39, 0.29) is 5.92 Å². The topological polar surface area (TPSA) is 34.1 Å². The van der Waals surface area contributed by atoms with E-state index < -0.39 is 9.84 Å². The predicted octanol–water partition coefficient (Wildman–Crippen LogP) is 2.29. The summed E-state index contributed by atoms with van der Waals surface area (Å²) in [7, 11) is -3.11. The normalized spacial score (nSPS) is 12.7. The molecular formula is C13H16O2S. The molecule has 0 saturated heterocycles. The van der Waals surface area contributed by atoms with E-state index >= 15 is 0 Å². The second-order valence-electron chi connectivity index (χ2n) is 3.92. The number of benzene rings is 1. The van der Waals surface area contributed by atoms with Crippen LogP contribution in [-0.4, -0.2) is 14.7 Å². The highest BCUT2D eigenvalue weighted by Crippen LogP contribution is 2.14. The first kappa shape index (κ1) is 12.8. The fourth-order valence-corrected chi connectivity index (χ4v) is 2.25. The molecule has 1 aromatic carbocycles. The van der Waals surface area contributed by atoms with Crippen molar-refractivity contribution in [2.45, 2.75) is 25.2 Å². The molecule has 0 bridgehead atoms. The Bertz CT molecular complexity index is 518. The fourth-order valence-electron chi connectivity index (χ4n) is 1.55. The molecule has 0 radical (unpaired) electrons. The van der Waals surface area contributed by atoms with Crippen LogP contribution in [0.1, 0.15) is 19.4 Å². The molecule has 0 heterocycles. The summed E-state index contributed by atoms with van der Waals surface area (Å²) < 4.78 is 22.7. The van der Waals surface area contributed by atoms with E-state index in [9.17, 15) is 8.42 Å². The van der Waals surface area contributed by atoms with E-state index in [0.717, 1.165) is 12.0 Å². The van der Waals surface area contributed by atoms with Crippen LogP contribution in [0.3, 0.4) is 0 Å². The molecule has 0 N–H and O–H groups in total. The molecule has 0 spiro atoms. The first-order chi connectivity index (χ1) is 7.43. The molecule has 0 aromatic heterocycles. The second-order valence-corrected chi connectivity index (χ2v) is 5.93. The molecule has 0 amide bonds. The van der Waals surface area contributed by atoms with Crippen LogP contribution in [-0.2, 0) is 16.3 Å². The van der Waals surface area contributed by atoms with Gasteiger partial charge in [-0.05, 0) is 31.0 Å². The van der Waals surface area contributed by atoms with E-state index in [1.807, 2.05) is 19.9 Å². The van der Waals surface area contributed by atoms with Crippen molar-refractivity contribution in [3.63, 3.8) is 0 Å². The minimum atomic E-state index is -3.11. The van der Waals surface area contributed by atoms with Gasteiger partial charge in [-0.25, -0.2) is 8.42 Å². The third-order valence-corrected chi connectivity index (χ3v) is 3.37. The van der Waals surface area contributed by atoms with Gasteiger partial charge in [-0.15, -0.1) is 11.8 Å². The SMILES string of the molecule is CC#CC(C)Cc1cccc(S(C)(=O)=O)c1. The third-order valence-electron chi connectivity index (χ3n) is 2.26. The summed E-state index contributed by atoms with van der Waals surface area (Å²) >= 11 is 0. The first-order valence-electron chi connectivity index (χ1n) is 5.14. The zero-order chi connectivity index (χ0) is 12.2. The molecule has 16 heavy (non-hydrogen) atoms. The molecule has 0 aliphatic carbocycles. The number of hydrogen-bond donors (Lipinski definition) is 0. The van der Waals surface area contributed by atoms with Gasteiger partial charge in [0.2, 0.25) is 0 Å². The Balaban J connectivity index is 2.94. The molecule has 0 saturated carbocycles. The van der Waals surface area contributed by atoms with Crippen molar-refractivity contribution in [3.05, 3.63) is 29.8 Å². The van der Waals surface area contributed by atoms with Crippen LogP contribution in [0.5, 0.6) is 0 Å². The maximum atomic E-state index is 11.4. The molecule has 3 heteroatoms. The Kier molecular flexibility index (Phi) is 4.14. The summed E-state index contributed by atoms with van der Waals surface area (Å²) in [6.07, 6.45) is 2.01. The van der Waals surface area contributed by atoms with Gasteiger partial charge in [0.15, 0.2) is 9.84 Å². The summed E-state index contributed by atoms with van der Waals surface area (Å²) in [5.74, 6) is 6.17. The Morgan fingerprint density at radius 1 is 1.38 bits per heavy atom. The van der Waals surface area contributed by atoms with Gasteiger partial charge < -0.3 is 0 Å². The molecule has 0 fully saturated rings. The van der Waals surface area contributed by atoms with Crippen LogP contribution in [0.25, 0.3) is 0 Å². The van der Waals surface area contributed by atoms with Crippen LogP contribution in [0.2, 0.25) is 0 Å². The standard InChI is InChI=1S/C13H16O2S/c1-4-6-11(2)9-12-7-5-8-13(10-12)16(3,14)15/h5,7-8,10-11H,9H2,1-3H3. The molecule has 0 aliphatic rings. The molecular weight excluding hydrogens is 220 g/mol. The van der Waals surface area contributed by atoms with Crippen LogP contribution in [0.4, 0.5) is 0 Å². The molecule has 86 valence electrons. The Labute approximate surface area is 97.6 Å². The van der Waals surface area contributed by atoms with Crippen molar-refractivity contribution in [2.24, 2.45) is 5.92 Å². The van der Waals surface area contributed by atoms with Gasteiger partial charge in [0.1, 0.15) is 0 Å².